The summed E-state index contributed by atoms with van der Waals surface area (Å²) < 4.78 is 3.32. The van der Waals surface area contributed by atoms with Crippen LogP contribution in [-0.4, -0.2) is 47.1 Å². The van der Waals surface area contributed by atoms with Crippen molar-refractivity contribution in [2.24, 2.45) is 7.05 Å². The summed E-state index contributed by atoms with van der Waals surface area (Å²) in [4.78, 5) is 17.0. The molecule has 3 heterocycles. The molecule has 0 radical (unpaired) electrons. The summed E-state index contributed by atoms with van der Waals surface area (Å²) in [6.45, 7) is 1.89. The van der Waals surface area contributed by atoms with Crippen molar-refractivity contribution < 1.29 is 4.79 Å². The van der Waals surface area contributed by atoms with Crippen molar-refractivity contribution >= 4 is 34.4 Å². The third-order valence-corrected chi connectivity index (χ3v) is 4.72. The first-order chi connectivity index (χ1) is 13.1. The minimum absolute atomic E-state index is 0.244. The lowest BCUT2D eigenvalue weighted by atomic mass is 10.2. The molecule has 1 aromatic carbocycles. The van der Waals surface area contributed by atoms with E-state index in [-0.39, 0.29) is 5.91 Å². The van der Waals surface area contributed by atoms with Crippen LogP contribution in [0.4, 0.5) is 5.69 Å². The Labute approximate surface area is 158 Å². The molecular formula is C17H16N8OS. The summed E-state index contributed by atoms with van der Waals surface area (Å²) in [7, 11) is 1.83. The molecule has 27 heavy (non-hydrogen) atoms. The summed E-state index contributed by atoms with van der Waals surface area (Å²) in [5.41, 5.74) is 3.45. The van der Waals surface area contributed by atoms with E-state index in [9.17, 15) is 4.79 Å². The topological polar surface area (TPSA) is 103 Å². The van der Waals surface area contributed by atoms with Gasteiger partial charge in [0.05, 0.1) is 16.9 Å². The van der Waals surface area contributed by atoms with Gasteiger partial charge in [0.1, 0.15) is 0 Å². The molecule has 0 atom stereocenters. The molecule has 0 aliphatic heterocycles. The fourth-order valence-corrected chi connectivity index (χ4v) is 3.25. The molecule has 4 rings (SSSR count). The van der Waals surface area contributed by atoms with Gasteiger partial charge >= 0.3 is 0 Å². The van der Waals surface area contributed by atoms with Gasteiger partial charge in [-0.2, -0.15) is 9.78 Å². The zero-order chi connectivity index (χ0) is 19.0. The number of carbonyl (C=O) groups is 1. The highest BCUT2D eigenvalue weighted by Crippen LogP contribution is 2.20. The molecule has 1 amide bonds. The number of pyridine rings is 1. The largest absolute Gasteiger partial charge is 0.322 e. The lowest BCUT2D eigenvalue weighted by Gasteiger charge is -2.08. The predicted octanol–water partition coefficient (Wildman–Crippen LogP) is 2.23. The van der Waals surface area contributed by atoms with Gasteiger partial charge < -0.3 is 5.32 Å². The number of benzene rings is 1. The summed E-state index contributed by atoms with van der Waals surface area (Å²) in [5, 5.41) is 20.4. The van der Waals surface area contributed by atoms with E-state index >= 15 is 0 Å². The van der Waals surface area contributed by atoms with Crippen LogP contribution in [0.5, 0.6) is 0 Å². The maximum atomic E-state index is 12.7. The maximum absolute atomic E-state index is 12.7. The minimum atomic E-state index is -0.244. The van der Waals surface area contributed by atoms with Crippen molar-refractivity contribution in [2.45, 2.75) is 12.1 Å². The van der Waals surface area contributed by atoms with Crippen LogP contribution in [0, 0.1) is 6.92 Å². The zero-order valence-corrected chi connectivity index (χ0v) is 15.7. The summed E-state index contributed by atoms with van der Waals surface area (Å²) in [5.74, 6) is -0.244. The van der Waals surface area contributed by atoms with Crippen LogP contribution in [0.1, 0.15) is 16.1 Å². The lowest BCUT2D eigenvalue weighted by Crippen LogP contribution is -2.12. The smallest absolute Gasteiger partial charge is 0.257 e. The number of aromatic nitrogens is 7. The normalized spacial score (nSPS) is 11.1. The highest BCUT2D eigenvalue weighted by Gasteiger charge is 2.13. The molecular weight excluding hydrogens is 364 g/mol. The predicted molar refractivity (Wildman–Crippen MR) is 102 cm³/mol. The summed E-state index contributed by atoms with van der Waals surface area (Å²) >= 11 is 1.44. The maximum Gasteiger partial charge on any atom is 0.257 e. The monoisotopic (exact) mass is 380 g/mol. The number of anilines is 1. The Morgan fingerprint density at radius 2 is 2.11 bits per heavy atom. The highest BCUT2D eigenvalue weighted by molar-refractivity contribution is 7.98. The Hall–Kier alpha value is -3.27. The number of aryl methyl sites for hydroxylation is 2. The second kappa shape index (κ2) is 6.80. The van der Waals surface area contributed by atoms with E-state index in [0.717, 1.165) is 22.4 Å². The van der Waals surface area contributed by atoms with Crippen molar-refractivity contribution in [3.8, 4) is 5.69 Å². The van der Waals surface area contributed by atoms with Crippen molar-refractivity contribution in [1.29, 1.82) is 0 Å². The van der Waals surface area contributed by atoms with Crippen molar-refractivity contribution in [3.05, 3.63) is 47.8 Å². The molecule has 0 aliphatic rings. The SMILES string of the molecule is CSc1nnnn1-c1cccc(NC(=O)c2cnc3c(c2)c(C)nn3C)c1. The van der Waals surface area contributed by atoms with Crippen LogP contribution < -0.4 is 5.32 Å². The Morgan fingerprint density at radius 1 is 1.26 bits per heavy atom. The fourth-order valence-electron chi connectivity index (χ4n) is 2.82. The molecule has 10 heteroatoms. The van der Waals surface area contributed by atoms with Crippen LogP contribution in [0.2, 0.25) is 0 Å². The molecule has 0 fully saturated rings. The van der Waals surface area contributed by atoms with Crippen LogP contribution >= 0.6 is 11.8 Å². The Morgan fingerprint density at radius 3 is 2.93 bits per heavy atom. The van der Waals surface area contributed by atoms with Gasteiger partial charge in [-0.05, 0) is 47.9 Å². The summed E-state index contributed by atoms with van der Waals surface area (Å²) in [6.07, 6.45) is 3.45. The Kier molecular flexibility index (Phi) is 4.32. The quantitative estimate of drug-likeness (QED) is 0.541. The lowest BCUT2D eigenvalue weighted by molar-refractivity contribution is 0.102. The van der Waals surface area contributed by atoms with E-state index in [1.165, 1.54) is 11.8 Å². The van der Waals surface area contributed by atoms with E-state index in [2.05, 4.69) is 30.9 Å². The average molecular weight is 380 g/mol. The van der Waals surface area contributed by atoms with E-state index < -0.39 is 0 Å². The van der Waals surface area contributed by atoms with E-state index in [1.54, 1.807) is 21.6 Å². The fraction of sp³-hybridized carbons (Fsp3) is 0.176. The highest BCUT2D eigenvalue weighted by atomic mass is 32.2. The second-order valence-corrected chi connectivity index (χ2v) is 6.66. The molecule has 0 spiro atoms. The molecule has 0 saturated heterocycles. The van der Waals surface area contributed by atoms with E-state index in [1.807, 2.05) is 44.5 Å². The average Bonchev–Trinajstić information content (AvgIpc) is 3.26. The molecule has 3 aromatic heterocycles. The van der Waals surface area contributed by atoms with E-state index in [0.29, 0.717) is 16.4 Å². The third kappa shape index (κ3) is 3.14. The van der Waals surface area contributed by atoms with Gasteiger partial charge in [-0.1, -0.05) is 17.8 Å². The van der Waals surface area contributed by atoms with Crippen molar-refractivity contribution in [2.75, 3.05) is 11.6 Å². The number of nitrogens with zero attached hydrogens (tertiary/aromatic N) is 7. The first-order valence-corrected chi connectivity index (χ1v) is 9.33. The number of fused-ring (bicyclic) bond motifs is 1. The van der Waals surface area contributed by atoms with Crippen LogP contribution in [0.3, 0.4) is 0 Å². The minimum Gasteiger partial charge on any atom is -0.322 e. The number of hydrogen-bond donors (Lipinski definition) is 1. The van der Waals surface area contributed by atoms with Gasteiger partial charge in [-0.25, -0.2) is 4.98 Å². The number of rotatable bonds is 4. The standard InChI is InChI=1S/C17H16N8OS/c1-10-14-7-11(9-18-15(14)24(2)21-10)16(26)19-12-5-4-6-13(8-12)25-17(27-3)20-22-23-25/h4-9H,1-3H3,(H,19,26). The first-order valence-electron chi connectivity index (χ1n) is 8.10. The number of hydrogen-bond acceptors (Lipinski definition) is 7. The van der Waals surface area contributed by atoms with Gasteiger partial charge in [-0.3, -0.25) is 9.48 Å². The number of tetrazole rings is 1. The number of amides is 1. The van der Waals surface area contributed by atoms with Gasteiger partial charge in [0, 0.05) is 24.3 Å². The molecule has 9 nitrogen and oxygen atoms in total. The van der Waals surface area contributed by atoms with Gasteiger partial charge in [0.25, 0.3) is 5.91 Å². The number of thioether (sulfide) groups is 1. The van der Waals surface area contributed by atoms with E-state index in [4.69, 9.17) is 0 Å². The molecule has 4 aromatic rings. The molecule has 1 N–H and O–H groups in total. The number of carbonyl (C=O) groups excluding carboxylic acids is 1. The summed E-state index contributed by atoms with van der Waals surface area (Å²) in [6, 6.07) is 9.14. The van der Waals surface area contributed by atoms with Gasteiger partial charge in [0.15, 0.2) is 5.65 Å². The van der Waals surface area contributed by atoms with Gasteiger partial charge in [0.2, 0.25) is 5.16 Å². The zero-order valence-electron chi connectivity index (χ0n) is 14.9. The molecule has 0 saturated carbocycles. The second-order valence-electron chi connectivity index (χ2n) is 5.89. The van der Waals surface area contributed by atoms with Gasteiger partial charge in [-0.15, -0.1) is 5.10 Å². The first kappa shape index (κ1) is 17.2. The van der Waals surface area contributed by atoms with Crippen molar-refractivity contribution in [1.82, 2.24) is 35.0 Å². The molecule has 0 unspecified atom stereocenters. The molecule has 0 aliphatic carbocycles. The Bertz CT molecular complexity index is 1150. The number of nitrogens with one attached hydrogen (secondary N) is 1. The van der Waals surface area contributed by atoms with Crippen LogP contribution in [-0.2, 0) is 7.05 Å². The van der Waals surface area contributed by atoms with Crippen LogP contribution in [0.25, 0.3) is 16.7 Å². The van der Waals surface area contributed by atoms with Crippen LogP contribution in [0.15, 0.2) is 41.7 Å². The Balaban J connectivity index is 1.62. The van der Waals surface area contributed by atoms with Crippen molar-refractivity contribution in [3.63, 3.8) is 0 Å². The molecule has 0 bridgehead atoms. The third-order valence-electron chi connectivity index (χ3n) is 4.10. The molecule has 136 valence electrons.